The number of hydrogen-bond donors (Lipinski definition) is 26. The van der Waals surface area contributed by atoms with Crippen LogP contribution in [0.1, 0.15) is 129 Å². The van der Waals surface area contributed by atoms with E-state index in [0.29, 0.717) is 12.8 Å². The van der Waals surface area contributed by atoms with E-state index >= 15 is 0 Å². The molecule has 1 fully saturated rings. The van der Waals surface area contributed by atoms with Gasteiger partial charge in [0.2, 0.25) is 65.0 Å². The van der Waals surface area contributed by atoms with Gasteiger partial charge in [-0.1, -0.05) is 13.8 Å². The summed E-state index contributed by atoms with van der Waals surface area (Å²) in [5.41, 5.74) is 50.7. The molecular weight excluding hydrogens is 1450 g/mol. The van der Waals surface area contributed by atoms with Crippen molar-refractivity contribution in [1.29, 1.82) is 0 Å². The molecule has 2 aromatic rings. The number of imidazole rings is 2. The number of amides is 11. The first-order chi connectivity index (χ1) is 51.8. The van der Waals surface area contributed by atoms with E-state index in [2.05, 4.69) is 93.1 Å². The van der Waals surface area contributed by atoms with Crippen molar-refractivity contribution in [3.8, 4) is 0 Å². The average molecular weight is 1560 g/mol. The molecule has 0 saturated carbocycles. The van der Waals surface area contributed by atoms with Gasteiger partial charge in [-0.15, -0.1) is 0 Å². The number of carbonyl (C=O) groups excluding carboxylic acids is 11. The maximum absolute atomic E-state index is 14.7. The number of aliphatic carboxylic acids is 2. The van der Waals surface area contributed by atoms with E-state index in [1.807, 2.05) is 0 Å². The number of carboxylic acids is 2. The van der Waals surface area contributed by atoms with Crippen molar-refractivity contribution in [3.63, 3.8) is 0 Å². The van der Waals surface area contributed by atoms with E-state index in [1.54, 1.807) is 13.8 Å². The lowest BCUT2D eigenvalue weighted by atomic mass is 10.0. The van der Waals surface area contributed by atoms with Crippen LogP contribution < -0.4 is 105 Å². The molecule has 0 aromatic carbocycles. The van der Waals surface area contributed by atoms with Crippen LogP contribution in [0.15, 0.2) is 45.0 Å². The number of hydrogen-bond acceptors (Lipinski definition) is 23. The minimum Gasteiger partial charge on any atom is -0.481 e. The van der Waals surface area contributed by atoms with Gasteiger partial charge in [0.05, 0.1) is 37.0 Å². The number of rotatable bonds is 50. The van der Waals surface area contributed by atoms with Gasteiger partial charge in [0, 0.05) is 75.8 Å². The topological polar surface area (TPSA) is 788 Å². The molecule has 46 heteroatoms. The number of aromatic nitrogens is 4. The van der Waals surface area contributed by atoms with Crippen LogP contribution in [0.5, 0.6) is 0 Å². The number of aliphatic imine (C=N–C) groups is 4. The van der Waals surface area contributed by atoms with E-state index in [4.69, 9.17) is 56.7 Å². The van der Waals surface area contributed by atoms with E-state index in [0.717, 1.165) is 20.8 Å². The fraction of sp³-hybridized carbons (Fsp3) is 0.641. The molecule has 15 atom stereocenters. The van der Waals surface area contributed by atoms with Crippen LogP contribution in [-0.4, -0.2) is 275 Å². The first kappa shape index (κ1) is 92.7. The third kappa shape index (κ3) is 33.7. The van der Waals surface area contributed by atoms with Crippen molar-refractivity contribution in [2.75, 3.05) is 32.7 Å². The molecule has 35 N–H and O–H groups in total. The molecule has 110 heavy (non-hydrogen) atoms. The number of nitrogens with one attached hydrogen (secondary N) is 12. The average Bonchev–Trinajstić information content (AvgIpc) is 1.57. The summed E-state index contributed by atoms with van der Waals surface area (Å²) >= 11 is 0. The molecule has 11 amide bonds. The number of aromatic amines is 2. The van der Waals surface area contributed by atoms with Gasteiger partial charge in [0.25, 0.3) is 0 Å². The Morgan fingerprint density at radius 2 is 0.800 bits per heavy atom. The fourth-order valence-corrected chi connectivity index (χ4v) is 11.2. The Morgan fingerprint density at radius 3 is 1.17 bits per heavy atom. The molecule has 2 aromatic heterocycles. The SMILES string of the molecule is CC(C)C[C@@H](NC(=O)[C@@H](CCCN=C(N)N)NC(=O)[C@H](NC(=O)[C@@H](CCCN=C(N)N)NC(=O)[C@H]1CCCN1C(=O)[C@H](N)CCCN=C(N)N)[C@@H](C)O)C(=O)N[C@H](Cc1cnc[nH]1)C(=O)N[C@@H](C(=O)N[C@H](Cc1cnc[nH]1)C(=O)N[C@H](CCCN=C(N)N)C(=O)N[C@@H](C(=O)N[C@H](CCC(=O)O)C(=O)O)[C@@H](C)O)[C@@H](C)O. The minimum atomic E-state index is -1.95. The molecule has 0 bridgehead atoms. The van der Waals surface area contributed by atoms with Crippen molar-refractivity contribution in [1.82, 2.24) is 78.0 Å². The first-order valence-corrected chi connectivity index (χ1v) is 35.5. The number of aliphatic hydroxyl groups is 3. The predicted molar refractivity (Wildman–Crippen MR) is 395 cm³/mol. The molecule has 46 nitrogen and oxygen atoms in total. The molecule has 614 valence electrons. The summed E-state index contributed by atoms with van der Waals surface area (Å²) in [6.07, 6.45) is -1.76. The van der Waals surface area contributed by atoms with Crippen molar-refractivity contribution in [3.05, 3.63) is 36.4 Å². The first-order valence-electron chi connectivity index (χ1n) is 35.5. The molecule has 3 heterocycles. The van der Waals surface area contributed by atoms with E-state index < -0.39 is 187 Å². The third-order valence-electron chi connectivity index (χ3n) is 16.9. The second kappa shape index (κ2) is 47.3. The van der Waals surface area contributed by atoms with E-state index in [-0.39, 0.29) is 138 Å². The summed E-state index contributed by atoms with van der Waals surface area (Å²) in [5.74, 6) is -15.7. The van der Waals surface area contributed by atoms with Crippen LogP contribution in [0, 0.1) is 5.92 Å². The van der Waals surface area contributed by atoms with E-state index in [9.17, 15) is 82.8 Å². The molecule has 0 spiro atoms. The van der Waals surface area contributed by atoms with E-state index in [1.165, 1.54) is 29.9 Å². The highest BCUT2D eigenvalue weighted by Gasteiger charge is 2.41. The Bertz CT molecular complexity index is 3480. The Hall–Kier alpha value is -11.5. The number of nitrogens with two attached hydrogens (primary N) is 9. The van der Waals surface area contributed by atoms with Gasteiger partial charge >= 0.3 is 11.9 Å². The Morgan fingerprint density at radius 1 is 0.464 bits per heavy atom. The highest BCUT2D eigenvalue weighted by atomic mass is 16.4. The monoisotopic (exact) mass is 1560 g/mol. The lowest BCUT2D eigenvalue weighted by Crippen LogP contribution is -2.63. The van der Waals surface area contributed by atoms with Crippen molar-refractivity contribution < 1.29 is 87.9 Å². The Labute approximate surface area is 632 Å². The van der Waals surface area contributed by atoms with Crippen molar-refractivity contribution in [2.24, 2.45) is 77.5 Å². The number of guanidine groups is 4. The summed E-state index contributed by atoms with van der Waals surface area (Å²) in [5, 5.41) is 76.3. The summed E-state index contributed by atoms with van der Waals surface area (Å²) in [6, 6.07) is -19.2. The highest BCUT2D eigenvalue weighted by molar-refractivity contribution is 6.00. The second-order valence-electron chi connectivity index (χ2n) is 26.7. The summed E-state index contributed by atoms with van der Waals surface area (Å²) in [6.45, 7) is 6.91. The zero-order valence-corrected chi connectivity index (χ0v) is 62.1. The van der Waals surface area contributed by atoms with Crippen LogP contribution in [0.25, 0.3) is 0 Å². The van der Waals surface area contributed by atoms with Gasteiger partial charge in [-0.2, -0.15) is 0 Å². The number of aliphatic hydroxyl groups excluding tert-OH is 3. The maximum Gasteiger partial charge on any atom is 0.326 e. The van der Waals surface area contributed by atoms with Crippen LogP contribution in [0.2, 0.25) is 0 Å². The predicted octanol–water partition coefficient (Wildman–Crippen LogP) is -10.6. The Kier molecular flexibility index (Phi) is 39.8. The van der Waals surface area contributed by atoms with Crippen LogP contribution in [-0.2, 0) is 75.2 Å². The van der Waals surface area contributed by atoms with Gasteiger partial charge < -0.3 is 145 Å². The Balaban J connectivity index is 1.98. The smallest absolute Gasteiger partial charge is 0.326 e. The standard InChI is InChI=1S/C64H110N28O18/c1-30(2)23-41(86-49(98)37(12-7-19-77-62(68)69)84-56(105)46(31(3)93)89-51(100)39(14-9-21-79-64(72)73)83-55(104)44-15-10-22-92(44)59(108)36(65)11-6-18-76-61(66)67)52(101)87-43(25-35-27-75-29-81-35)54(103)91-48(33(5)95)58(107)88-42(24-34-26-74-28-80-34)53(102)82-38(13-8-20-78-63(70)71)50(99)90-47(32(4)94)57(106)85-40(60(109)110)16-17-45(96)97/h26-33,36-44,46-48,93-95H,6-25,65H2,1-5H3,(H,74,80)(H,75,81)(H,82,102)(H,83,104)(H,84,105)(H,85,106)(H,86,98)(H,87,101)(H,88,107)(H,89,100)(H,90,99)(H,91,103)(H,96,97)(H,109,110)(H4,66,67,76)(H4,68,69,77)(H4,70,71,78)(H4,72,73,79)/t31-,32-,33-,36-,37-,38-,39-,40-,41-,42-,43-,44-,46-,47-,48-/m1/s1. The quantitative estimate of drug-likeness (QED) is 0.0166. The van der Waals surface area contributed by atoms with Gasteiger partial charge in [0.1, 0.15) is 66.5 Å². The fourth-order valence-electron chi connectivity index (χ4n) is 11.2. The zero-order chi connectivity index (χ0) is 82.5. The number of nitrogens with zero attached hydrogens (tertiary/aromatic N) is 7. The summed E-state index contributed by atoms with van der Waals surface area (Å²) in [4.78, 5) is 211. The normalized spacial score (nSPS) is 16.3. The summed E-state index contributed by atoms with van der Waals surface area (Å²) < 4.78 is 0. The number of H-pyrrole nitrogens is 2. The number of carbonyl (C=O) groups is 13. The molecule has 1 aliphatic heterocycles. The summed E-state index contributed by atoms with van der Waals surface area (Å²) in [7, 11) is 0. The third-order valence-corrected chi connectivity index (χ3v) is 16.9. The lowest BCUT2D eigenvalue weighted by molar-refractivity contribution is -0.144. The van der Waals surface area contributed by atoms with Crippen molar-refractivity contribution in [2.45, 2.75) is 222 Å². The van der Waals surface area contributed by atoms with Gasteiger partial charge in [-0.3, -0.25) is 77.5 Å². The molecule has 0 aliphatic carbocycles. The van der Waals surface area contributed by atoms with Gasteiger partial charge in [0.15, 0.2) is 23.8 Å². The number of likely N-dealkylation sites (tertiary alicyclic amines) is 1. The van der Waals surface area contributed by atoms with Crippen LogP contribution >= 0.6 is 0 Å². The maximum atomic E-state index is 14.7. The second-order valence-corrected chi connectivity index (χ2v) is 26.7. The molecule has 1 saturated heterocycles. The van der Waals surface area contributed by atoms with Crippen molar-refractivity contribution >= 4 is 101 Å². The largest absolute Gasteiger partial charge is 0.481 e. The highest BCUT2D eigenvalue weighted by Crippen LogP contribution is 2.21. The molecule has 3 rings (SSSR count). The van der Waals surface area contributed by atoms with Gasteiger partial charge in [-0.05, 0) is 104 Å². The minimum absolute atomic E-state index is 0.00147. The molecule has 1 aliphatic rings. The number of carboxylic acid groups (broad SMARTS) is 2. The lowest BCUT2D eigenvalue weighted by Gasteiger charge is -2.30. The molecule has 0 unspecified atom stereocenters. The van der Waals surface area contributed by atoms with Crippen LogP contribution in [0.4, 0.5) is 0 Å². The zero-order valence-electron chi connectivity index (χ0n) is 62.1. The molecule has 0 radical (unpaired) electrons. The van der Waals surface area contributed by atoms with Crippen LogP contribution in [0.3, 0.4) is 0 Å². The van der Waals surface area contributed by atoms with Gasteiger partial charge in [-0.25, -0.2) is 14.8 Å². The molecular formula is C64H110N28O18.